The molecule has 0 aliphatic heterocycles. The number of halogens is 1. The second-order valence-electron chi connectivity index (χ2n) is 5.33. The maximum atomic E-state index is 13.5. The Morgan fingerprint density at radius 2 is 1.67 bits per heavy atom. The molecule has 2 rings (SSSR count). The van der Waals surface area contributed by atoms with Gasteiger partial charge in [0.05, 0.1) is 10.6 Å². The van der Waals surface area contributed by atoms with E-state index in [1.165, 1.54) is 18.2 Å². The molecule has 3 nitrogen and oxygen atoms in total. The van der Waals surface area contributed by atoms with Gasteiger partial charge in [0, 0.05) is 0 Å². The molecule has 0 saturated heterocycles. The van der Waals surface area contributed by atoms with Gasteiger partial charge >= 0.3 is 0 Å². The van der Waals surface area contributed by atoms with E-state index >= 15 is 0 Å². The van der Waals surface area contributed by atoms with Crippen molar-refractivity contribution in [2.45, 2.75) is 25.2 Å². The SMILES string of the molecule is CC(C)Cc1ccc(S(=O)(=O)Nc2ccccc2F)cc1. The first-order valence-corrected chi connectivity index (χ1v) is 8.23. The fourth-order valence-electron chi connectivity index (χ4n) is 2.02. The summed E-state index contributed by atoms with van der Waals surface area (Å²) in [7, 11) is -3.77. The fraction of sp³-hybridized carbons (Fsp3) is 0.250. The van der Waals surface area contributed by atoms with Gasteiger partial charge < -0.3 is 0 Å². The Morgan fingerprint density at radius 3 is 2.24 bits per heavy atom. The fourth-order valence-corrected chi connectivity index (χ4v) is 3.09. The lowest BCUT2D eigenvalue weighted by Gasteiger charge is -2.10. The van der Waals surface area contributed by atoms with Gasteiger partial charge in [-0.15, -0.1) is 0 Å². The molecule has 0 spiro atoms. The van der Waals surface area contributed by atoms with Crippen LogP contribution in [0.1, 0.15) is 19.4 Å². The number of anilines is 1. The number of hydrogen-bond donors (Lipinski definition) is 1. The zero-order valence-corrected chi connectivity index (χ0v) is 12.8. The van der Waals surface area contributed by atoms with Crippen LogP contribution < -0.4 is 4.72 Å². The third kappa shape index (κ3) is 4.04. The standard InChI is InChI=1S/C16H18FNO2S/c1-12(2)11-13-7-9-14(10-8-13)21(19,20)18-16-6-4-3-5-15(16)17/h3-10,12,18H,11H2,1-2H3. The van der Waals surface area contributed by atoms with Gasteiger partial charge in [0.15, 0.2) is 0 Å². The minimum absolute atomic E-state index is 0.0521. The molecule has 112 valence electrons. The van der Waals surface area contributed by atoms with Gasteiger partial charge in [0.2, 0.25) is 0 Å². The number of benzene rings is 2. The summed E-state index contributed by atoms with van der Waals surface area (Å²) in [5.74, 6) is -0.0958. The minimum atomic E-state index is -3.77. The van der Waals surface area contributed by atoms with Crippen LogP contribution >= 0.6 is 0 Å². The highest BCUT2D eigenvalue weighted by molar-refractivity contribution is 7.92. The molecule has 0 heterocycles. The molecule has 0 aliphatic carbocycles. The van der Waals surface area contributed by atoms with Crippen LogP contribution in [0.3, 0.4) is 0 Å². The summed E-state index contributed by atoms with van der Waals surface area (Å²) in [4.78, 5) is 0.123. The van der Waals surface area contributed by atoms with Crippen LogP contribution in [0.5, 0.6) is 0 Å². The number of sulfonamides is 1. The quantitative estimate of drug-likeness (QED) is 0.912. The maximum Gasteiger partial charge on any atom is 0.261 e. The predicted molar refractivity (Wildman–Crippen MR) is 82.2 cm³/mol. The van der Waals surface area contributed by atoms with Gasteiger partial charge in [-0.25, -0.2) is 12.8 Å². The first-order chi connectivity index (χ1) is 9.88. The predicted octanol–water partition coefficient (Wildman–Crippen LogP) is 3.83. The van der Waals surface area contributed by atoms with Gasteiger partial charge in [-0.05, 0) is 42.2 Å². The normalized spacial score (nSPS) is 11.6. The van der Waals surface area contributed by atoms with Gasteiger partial charge in [0.1, 0.15) is 5.82 Å². The van der Waals surface area contributed by atoms with E-state index in [4.69, 9.17) is 0 Å². The van der Waals surface area contributed by atoms with E-state index in [0.29, 0.717) is 5.92 Å². The zero-order chi connectivity index (χ0) is 15.5. The number of hydrogen-bond acceptors (Lipinski definition) is 2. The highest BCUT2D eigenvalue weighted by atomic mass is 32.2. The summed E-state index contributed by atoms with van der Waals surface area (Å²) in [6.45, 7) is 4.20. The second-order valence-corrected chi connectivity index (χ2v) is 7.01. The van der Waals surface area contributed by atoms with Crippen molar-refractivity contribution in [3.63, 3.8) is 0 Å². The topological polar surface area (TPSA) is 46.2 Å². The van der Waals surface area contributed by atoms with Crippen LogP contribution in [-0.2, 0) is 16.4 Å². The van der Waals surface area contributed by atoms with Crippen LogP contribution in [0.25, 0.3) is 0 Å². The molecule has 2 aromatic rings. The third-order valence-electron chi connectivity index (χ3n) is 3.00. The molecule has 0 amide bonds. The van der Waals surface area contributed by atoms with Gasteiger partial charge in [-0.2, -0.15) is 0 Å². The Labute approximate surface area is 124 Å². The Bertz CT molecular complexity index is 709. The van der Waals surface area contributed by atoms with E-state index in [2.05, 4.69) is 18.6 Å². The van der Waals surface area contributed by atoms with E-state index in [0.717, 1.165) is 12.0 Å². The Balaban J connectivity index is 2.22. The van der Waals surface area contributed by atoms with Crippen LogP contribution in [0, 0.1) is 11.7 Å². The Morgan fingerprint density at radius 1 is 1.05 bits per heavy atom. The summed E-state index contributed by atoms with van der Waals surface area (Å²) >= 11 is 0. The largest absolute Gasteiger partial charge is 0.277 e. The van der Waals surface area contributed by atoms with Crippen molar-refractivity contribution < 1.29 is 12.8 Å². The van der Waals surface area contributed by atoms with Crippen molar-refractivity contribution in [2.24, 2.45) is 5.92 Å². The van der Waals surface area contributed by atoms with Gasteiger partial charge in [0.25, 0.3) is 10.0 Å². The van der Waals surface area contributed by atoms with Crippen LogP contribution in [0.2, 0.25) is 0 Å². The molecule has 5 heteroatoms. The van der Waals surface area contributed by atoms with Crippen molar-refractivity contribution in [3.05, 3.63) is 59.9 Å². The molecule has 0 atom stereocenters. The Hall–Kier alpha value is -1.88. The van der Waals surface area contributed by atoms with Crippen molar-refractivity contribution >= 4 is 15.7 Å². The second kappa shape index (κ2) is 6.26. The molecule has 0 aromatic heterocycles. The Kier molecular flexibility index (Phi) is 4.63. The van der Waals surface area contributed by atoms with Gasteiger partial charge in [-0.3, -0.25) is 4.72 Å². The molecule has 1 N–H and O–H groups in total. The molecular formula is C16H18FNO2S. The molecule has 21 heavy (non-hydrogen) atoms. The lowest BCUT2D eigenvalue weighted by molar-refractivity contribution is 0.598. The van der Waals surface area contributed by atoms with E-state index in [9.17, 15) is 12.8 Å². The number of rotatable bonds is 5. The van der Waals surface area contributed by atoms with Crippen molar-refractivity contribution in [1.82, 2.24) is 0 Å². The molecule has 0 fully saturated rings. The third-order valence-corrected chi connectivity index (χ3v) is 4.38. The van der Waals surface area contributed by atoms with Crippen LogP contribution in [0.15, 0.2) is 53.4 Å². The van der Waals surface area contributed by atoms with E-state index in [1.807, 2.05) is 0 Å². The number of nitrogens with one attached hydrogen (secondary N) is 1. The van der Waals surface area contributed by atoms with E-state index in [-0.39, 0.29) is 10.6 Å². The lowest BCUT2D eigenvalue weighted by Crippen LogP contribution is -2.14. The van der Waals surface area contributed by atoms with Crippen LogP contribution in [0.4, 0.5) is 10.1 Å². The number of para-hydroxylation sites is 1. The summed E-state index contributed by atoms with van der Waals surface area (Å²) in [5, 5.41) is 0. The highest BCUT2D eigenvalue weighted by Crippen LogP contribution is 2.19. The van der Waals surface area contributed by atoms with E-state index < -0.39 is 15.8 Å². The van der Waals surface area contributed by atoms with Crippen molar-refractivity contribution in [1.29, 1.82) is 0 Å². The molecule has 0 radical (unpaired) electrons. The van der Waals surface area contributed by atoms with E-state index in [1.54, 1.807) is 30.3 Å². The molecule has 0 bridgehead atoms. The molecule has 2 aromatic carbocycles. The lowest BCUT2D eigenvalue weighted by atomic mass is 10.0. The maximum absolute atomic E-state index is 13.5. The average molecular weight is 307 g/mol. The van der Waals surface area contributed by atoms with Crippen LogP contribution in [-0.4, -0.2) is 8.42 Å². The zero-order valence-electron chi connectivity index (χ0n) is 12.0. The molecule has 0 saturated carbocycles. The minimum Gasteiger partial charge on any atom is -0.277 e. The average Bonchev–Trinajstić information content (AvgIpc) is 2.41. The molecular weight excluding hydrogens is 289 g/mol. The summed E-state index contributed by atoms with van der Waals surface area (Å²) < 4.78 is 40.2. The van der Waals surface area contributed by atoms with Crippen molar-refractivity contribution in [3.8, 4) is 0 Å². The smallest absolute Gasteiger partial charge is 0.261 e. The first kappa shape index (κ1) is 15.5. The van der Waals surface area contributed by atoms with Crippen molar-refractivity contribution in [2.75, 3.05) is 4.72 Å². The highest BCUT2D eigenvalue weighted by Gasteiger charge is 2.15. The van der Waals surface area contributed by atoms with Gasteiger partial charge in [-0.1, -0.05) is 38.1 Å². The summed E-state index contributed by atoms with van der Waals surface area (Å²) in [6.07, 6.45) is 0.890. The first-order valence-electron chi connectivity index (χ1n) is 6.75. The summed E-state index contributed by atoms with van der Waals surface area (Å²) in [6, 6.07) is 12.3. The molecule has 0 aliphatic rings. The monoisotopic (exact) mass is 307 g/mol. The molecule has 0 unspecified atom stereocenters. The summed E-state index contributed by atoms with van der Waals surface area (Å²) in [5.41, 5.74) is 1.03.